The molecule has 2 rings (SSSR count). The molecule has 1 aromatic carbocycles. The van der Waals surface area contributed by atoms with Crippen molar-refractivity contribution in [1.29, 1.82) is 0 Å². The molecule has 0 spiro atoms. The number of hydrogen-bond acceptors (Lipinski definition) is 8. The number of aromatic nitrogens is 3. The third-order valence-corrected chi connectivity index (χ3v) is 3.84. The lowest BCUT2D eigenvalue weighted by molar-refractivity contribution is 0.483. The number of benzene rings is 1. The third-order valence-electron chi connectivity index (χ3n) is 2.99. The van der Waals surface area contributed by atoms with Gasteiger partial charge in [0.25, 0.3) is 10.1 Å². The lowest BCUT2D eigenvalue weighted by atomic mass is 10.3. The maximum Gasteiger partial charge on any atom is 0.294 e. The smallest absolute Gasteiger partial charge is 0.294 e. The minimum Gasteiger partial charge on any atom is -0.347 e. The second-order valence-corrected chi connectivity index (χ2v) is 6.60. The predicted molar refractivity (Wildman–Crippen MR) is 91.1 cm³/mol. The molecule has 1 aromatic heterocycles. The molecule has 1 heterocycles. The van der Waals surface area contributed by atoms with Gasteiger partial charge in [-0.2, -0.15) is 23.4 Å². The van der Waals surface area contributed by atoms with Crippen LogP contribution in [0.4, 0.5) is 17.6 Å². The highest BCUT2D eigenvalue weighted by atomic mass is 32.2. The first-order valence-electron chi connectivity index (χ1n) is 7.27. The van der Waals surface area contributed by atoms with Crippen molar-refractivity contribution in [3.63, 3.8) is 0 Å². The van der Waals surface area contributed by atoms with Crippen molar-refractivity contribution in [3.8, 4) is 0 Å². The van der Waals surface area contributed by atoms with E-state index in [2.05, 4.69) is 25.6 Å². The molecule has 3 N–H and O–H groups in total. The van der Waals surface area contributed by atoms with Crippen LogP contribution < -0.4 is 15.5 Å². The van der Waals surface area contributed by atoms with Crippen molar-refractivity contribution < 1.29 is 13.0 Å². The summed E-state index contributed by atoms with van der Waals surface area (Å²) in [6, 6.07) is 5.77. The minimum absolute atomic E-state index is 0.206. The van der Waals surface area contributed by atoms with Gasteiger partial charge in [0.2, 0.25) is 11.9 Å². The highest BCUT2D eigenvalue weighted by Gasteiger charge is 2.12. The van der Waals surface area contributed by atoms with Gasteiger partial charge in [-0.3, -0.25) is 4.55 Å². The van der Waals surface area contributed by atoms with Gasteiger partial charge in [-0.1, -0.05) is 13.0 Å². The lowest BCUT2D eigenvalue weighted by Gasteiger charge is -2.14. The van der Waals surface area contributed by atoms with Crippen LogP contribution in [0.2, 0.25) is 0 Å². The van der Waals surface area contributed by atoms with Crippen molar-refractivity contribution in [2.24, 2.45) is 0 Å². The minimum atomic E-state index is -4.27. The van der Waals surface area contributed by atoms with Gasteiger partial charge < -0.3 is 15.5 Å². The van der Waals surface area contributed by atoms with Gasteiger partial charge in [-0.25, -0.2) is 0 Å². The molecule has 0 bridgehead atoms. The summed E-state index contributed by atoms with van der Waals surface area (Å²) in [7, 11) is -0.642. The van der Waals surface area contributed by atoms with Crippen molar-refractivity contribution >= 4 is 27.7 Å². The molecule has 10 heteroatoms. The first-order chi connectivity index (χ1) is 11.3. The van der Waals surface area contributed by atoms with E-state index in [1.807, 2.05) is 21.0 Å². The Morgan fingerprint density at radius 2 is 1.96 bits per heavy atom. The normalized spacial score (nSPS) is 11.3. The molecule has 0 unspecified atom stereocenters. The van der Waals surface area contributed by atoms with Crippen LogP contribution in [-0.2, 0) is 16.7 Å². The van der Waals surface area contributed by atoms with E-state index in [0.717, 1.165) is 6.54 Å². The van der Waals surface area contributed by atoms with Crippen LogP contribution in [-0.4, -0.2) is 48.6 Å². The van der Waals surface area contributed by atoms with Crippen LogP contribution in [0.5, 0.6) is 0 Å². The second-order valence-electron chi connectivity index (χ2n) is 5.18. The molecule has 0 saturated carbocycles. The third kappa shape index (κ3) is 4.85. The Labute approximate surface area is 140 Å². The molecule has 0 atom stereocenters. The number of anilines is 3. The van der Waals surface area contributed by atoms with Gasteiger partial charge >= 0.3 is 0 Å². The molecule has 130 valence electrons. The molecule has 0 aliphatic heterocycles. The van der Waals surface area contributed by atoms with E-state index >= 15 is 0 Å². The molecule has 0 aliphatic carbocycles. The SMILES string of the molecule is CCNCc1nc(Nc2cccc(S(=O)(=O)O)c2)nc(N(C)C)n1. The summed E-state index contributed by atoms with van der Waals surface area (Å²) in [5.41, 5.74) is 0.440. The van der Waals surface area contributed by atoms with E-state index in [-0.39, 0.29) is 10.8 Å². The summed E-state index contributed by atoms with van der Waals surface area (Å²) in [6.07, 6.45) is 0. The van der Waals surface area contributed by atoms with E-state index in [4.69, 9.17) is 4.55 Å². The molecule has 0 aliphatic rings. The van der Waals surface area contributed by atoms with E-state index in [0.29, 0.717) is 24.0 Å². The molecule has 0 radical (unpaired) electrons. The molecule has 24 heavy (non-hydrogen) atoms. The first-order valence-corrected chi connectivity index (χ1v) is 8.71. The molecule has 9 nitrogen and oxygen atoms in total. The van der Waals surface area contributed by atoms with Crippen molar-refractivity contribution in [1.82, 2.24) is 20.3 Å². The van der Waals surface area contributed by atoms with E-state index in [1.165, 1.54) is 18.2 Å². The van der Waals surface area contributed by atoms with Gasteiger partial charge in [-0.05, 0) is 24.7 Å². The zero-order chi connectivity index (χ0) is 17.7. The van der Waals surface area contributed by atoms with Crippen LogP contribution in [0.25, 0.3) is 0 Å². The monoisotopic (exact) mass is 352 g/mol. The van der Waals surface area contributed by atoms with Crippen LogP contribution in [0.1, 0.15) is 12.7 Å². The maximum absolute atomic E-state index is 11.2. The molecular formula is C14H20N6O3S. The number of hydrogen-bond donors (Lipinski definition) is 3. The average molecular weight is 352 g/mol. The molecule has 2 aromatic rings. The fourth-order valence-corrected chi connectivity index (χ4v) is 2.37. The number of nitrogens with zero attached hydrogens (tertiary/aromatic N) is 4. The molecule has 0 saturated heterocycles. The van der Waals surface area contributed by atoms with Gasteiger partial charge in [-0.15, -0.1) is 0 Å². The van der Waals surface area contributed by atoms with Gasteiger partial charge in [0, 0.05) is 19.8 Å². The summed E-state index contributed by atoms with van der Waals surface area (Å²) in [4.78, 5) is 14.5. The standard InChI is InChI=1S/C14H20N6O3S/c1-4-15-9-12-17-13(19-14(18-12)20(2)3)16-10-6-5-7-11(8-10)24(21,22)23/h5-8,15H,4,9H2,1-3H3,(H,21,22,23)(H,16,17,18,19). The quantitative estimate of drug-likeness (QED) is 0.627. The molecule has 0 amide bonds. The van der Waals surface area contributed by atoms with Crippen LogP contribution in [0, 0.1) is 0 Å². The Balaban J connectivity index is 2.33. The molecular weight excluding hydrogens is 332 g/mol. The van der Waals surface area contributed by atoms with Gasteiger partial charge in [0.05, 0.1) is 11.4 Å². The number of nitrogens with one attached hydrogen (secondary N) is 2. The number of rotatable bonds is 7. The topological polar surface area (TPSA) is 120 Å². The summed E-state index contributed by atoms with van der Waals surface area (Å²) >= 11 is 0. The average Bonchev–Trinajstić information content (AvgIpc) is 2.52. The van der Waals surface area contributed by atoms with Crippen molar-refractivity contribution in [2.75, 3.05) is 30.9 Å². The van der Waals surface area contributed by atoms with Gasteiger partial charge in [0.15, 0.2) is 0 Å². The van der Waals surface area contributed by atoms with Crippen LogP contribution in [0.15, 0.2) is 29.2 Å². The Kier molecular flexibility index (Phi) is 5.65. The fraction of sp³-hybridized carbons (Fsp3) is 0.357. The largest absolute Gasteiger partial charge is 0.347 e. The molecule has 0 fully saturated rings. The highest BCUT2D eigenvalue weighted by molar-refractivity contribution is 7.85. The fourth-order valence-electron chi connectivity index (χ4n) is 1.84. The first kappa shape index (κ1) is 18.0. The Hall–Kier alpha value is -2.30. The van der Waals surface area contributed by atoms with Crippen molar-refractivity contribution in [2.45, 2.75) is 18.4 Å². The second kappa shape index (κ2) is 7.51. The zero-order valence-electron chi connectivity index (χ0n) is 13.7. The summed E-state index contributed by atoms with van der Waals surface area (Å²) in [5.74, 6) is 1.32. The van der Waals surface area contributed by atoms with E-state index < -0.39 is 10.1 Å². The lowest BCUT2D eigenvalue weighted by Crippen LogP contribution is -2.19. The highest BCUT2D eigenvalue weighted by Crippen LogP contribution is 2.19. The zero-order valence-corrected chi connectivity index (χ0v) is 14.5. The predicted octanol–water partition coefficient (Wildman–Crippen LogP) is 1.04. The Morgan fingerprint density at radius 3 is 2.58 bits per heavy atom. The summed E-state index contributed by atoms with van der Waals surface area (Å²) in [5, 5.41) is 6.08. The van der Waals surface area contributed by atoms with Crippen LogP contribution in [0.3, 0.4) is 0 Å². The Bertz CT molecular complexity index is 810. The van der Waals surface area contributed by atoms with Gasteiger partial charge in [0.1, 0.15) is 5.82 Å². The summed E-state index contributed by atoms with van der Waals surface area (Å²) < 4.78 is 31.6. The van der Waals surface area contributed by atoms with E-state index in [9.17, 15) is 8.42 Å². The summed E-state index contributed by atoms with van der Waals surface area (Å²) in [6.45, 7) is 3.25. The van der Waals surface area contributed by atoms with Crippen molar-refractivity contribution in [3.05, 3.63) is 30.1 Å². The van der Waals surface area contributed by atoms with E-state index in [1.54, 1.807) is 11.0 Å². The Morgan fingerprint density at radius 1 is 1.21 bits per heavy atom. The maximum atomic E-state index is 11.2. The van der Waals surface area contributed by atoms with Crippen LogP contribution >= 0.6 is 0 Å².